The molecule has 0 aliphatic carbocycles. The summed E-state index contributed by atoms with van der Waals surface area (Å²) in [6.07, 6.45) is -1.71. The SMILES string of the molecule is COc1nc(Nc2cc(-c3ccc(O[C@@H]4CCN(C(=O)[C@H](C)O)CC4(F)F)c(C#N)c3)ncn2)ccc1N1CCN(C2COC2)CC1. The highest BCUT2D eigenvalue weighted by Crippen LogP contribution is 2.35. The molecular weight excluding hydrogens is 614 g/mol. The number of likely N-dealkylation sites (tertiary alicyclic amines) is 1. The minimum atomic E-state index is -3.38. The third kappa shape index (κ3) is 7.04. The molecule has 6 rings (SSSR count). The van der Waals surface area contributed by atoms with Crippen LogP contribution in [0.1, 0.15) is 18.9 Å². The lowest BCUT2D eigenvalue weighted by molar-refractivity contribution is -0.165. The van der Waals surface area contributed by atoms with E-state index in [1.54, 1.807) is 19.2 Å². The summed E-state index contributed by atoms with van der Waals surface area (Å²) in [5, 5.41) is 22.5. The number of halogens is 2. The molecule has 0 radical (unpaired) electrons. The Balaban J connectivity index is 1.12. The standard InChI is InChI=1S/C32H36F2N8O5/c1-20(43)31(44)42-8-7-27(32(33,34)18-42)47-26-5-3-21(13-22(26)15-35)24-14-29(37-19-36-24)38-28-6-4-25(30(39-28)45-2)41-11-9-40(10-12-41)23-16-46-17-23/h3-6,13-14,19-20,23,27,43H,7-12,16-18H2,1-2H3,(H,36,37,38,39)/t20-,27+/m0/s1. The number of nitrogens with zero attached hydrogens (tertiary/aromatic N) is 7. The van der Waals surface area contributed by atoms with Gasteiger partial charge >= 0.3 is 5.92 Å². The van der Waals surface area contributed by atoms with Crippen LogP contribution in [0.4, 0.5) is 26.1 Å². The quantitative estimate of drug-likeness (QED) is 0.351. The lowest BCUT2D eigenvalue weighted by Gasteiger charge is -2.43. The van der Waals surface area contributed by atoms with Gasteiger partial charge in [0.2, 0.25) is 5.88 Å². The van der Waals surface area contributed by atoms with Crippen LogP contribution in [0, 0.1) is 11.3 Å². The fourth-order valence-electron chi connectivity index (χ4n) is 5.92. The van der Waals surface area contributed by atoms with Gasteiger partial charge in [0, 0.05) is 50.8 Å². The van der Waals surface area contributed by atoms with Gasteiger partial charge in [-0.05, 0) is 37.3 Å². The van der Waals surface area contributed by atoms with E-state index in [9.17, 15) is 23.9 Å². The van der Waals surface area contributed by atoms with Crippen molar-refractivity contribution in [3.8, 4) is 29.0 Å². The summed E-state index contributed by atoms with van der Waals surface area (Å²) < 4.78 is 46.4. The molecule has 13 nitrogen and oxygen atoms in total. The minimum absolute atomic E-state index is 0.00140. The second-order valence-corrected chi connectivity index (χ2v) is 11.8. The number of amides is 1. The molecule has 3 saturated heterocycles. The molecule has 5 heterocycles. The fourth-order valence-corrected chi connectivity index (χ4v) is 5.92. The Labute approximate surface area is 270 Å². The average molecular weight is 651 g/mol. The Bertz CT molecular complexity index is 1640. The lowest BCUT2D eigenvalue weighted by atomic mass is 10.0. The van der Waals surface area contributed by atoms with E-state index in [4.69, 9.17) is 14.2 Å². The number of aromatic nitrogens is 3. The van der Waals surface area contributed by atoms with E-state index in [1.807, 2.05) is 18.2 Å². The number of pyridine rings is 1. The van der Waals surface area contributed by atoms with E-state index >= 15 is 0 Å². The molecule has 2 N–H and O–H groups in total. The number of ether oxygens (including phenoxy) is 3. The van der Waals surface area contributed by atoms with Crippen LogP contribution < -0.4 is 19.7 Å². The lowest BCUT2D eigenvalue weighted by Crippen LogP contribution is -2.56. The highest BCUT2D eigenvalue weighted by molar-refractivity contribution is 5.80. The number of methoxy groups -OCH3 is 1. The molecule has 3 aliphatic rings. The fraction of sp³-hybridized carbons (Fsp3) is 0.469. The summed E-state index contributed by atoms with van der Waals surface area (Å²) in [6.45, 7) is 5.56. The molecule has 0 unspecified atom stereocenters. The molecule has 1 aromatic carbocycles. The monoisotopic (exact) mass is 650 g/mol. The largest absolute Gasteiger partial charge is 0.483 e. The zero-order chi connectivity index (χ0) is 33.1. The third-order valence-electron chi connectivity index (χ3n) is 8.62. The number of piperidine rings is 1. The number of anilines is 3. The van der Waals surface area contributed by atoms with Crippen LogP contribution in [0.15, 0.2) is 42.7 Å². The van der Waals surface area contributed by atoms with Crippen LogP contribution in [0.2, 0.25) is 0 Å². The van der Waals surface area contributed by atoms with Gasteiger partial charge in [0.05, 0.1) is 44.2 Å². The predicted molar refractivity (Wildman–Crippen MR) is 167 cm³/mol. The molecule has 1 amide bonds. The molecule has 248 valence electrons. The minimum Gasteiger partial charge on any atom is -0.483 e. The Morgan fingerprint density at radius 3 is 2.57 bits per heavy atom. The zero-order valence-electron chi connectivity index (χ0n) is 26.1. The van der Waals surface area contributed by atoms with E-state index < -0.39 is 30.6 Å². The number of hydrogen-bond donors (Lipinski definition) is 2. The third-order valence-corrected chi connectivity index (χ3v) is 8.62. The van der Waals surface area contributed by atoms with Crippen LogP contribution in [0.3, 0.4) is 0 Å². The van der Waals surface area contributed by atoms with Crippen LogP contribution in [0.5, 0.6) is 11.6 Å². The Hall–Kier alpha value is -4.65. The highest BCUT2D eigenvalue weighted by Gasteiger charge is 2.48. The zero-order valence-corrected chi connectivity index (χ0v) is 26.1. The number of carbonyl (C=O) groups is 1. The number of nitrogens with one attached hydrogen (secondary N) is 1. The molecule has 3 aliphatic heterocycles. The maximum atomic E-state index is 14.9. The van der Waals surface area contributed by atoms with Crippen molar-refractivity contribution >= 4 is 23.2 Å². The summed E-state index contributed by atoms with van der Waals surface area (Å²) in [5.74, 6) is -2.69. The van der Waals surface area contributed by atoms with Crippen LogP contribution >= 0.6 is 0 Å². The number of aliphatic hydroxyl groups excluding tert-OH is 1. The van der Waals surface area contributed by atoms with Crippen molar-refractivity contribution < 1.29 is 32.9 Å². The van der Waals surface area contributed by atoms with Crippen molar-refractivity contribution in [2.24, 2.45) is 0 Å². The van der Waals surface area contributed by atoms with Crippen LogP contribution in [0.25, 0.3) is 11.3 Å². The van der Waals surface area contributed by atoms with Crippen LogP contribution in [-0.2, 0) is 9.53 Å². The number of benzene rings is 1. The van der Waals surface area contributed by atoms with Crippen molar-refractivity contribution in [3.05, 3.63) is 48.3 Å². The van der Waals surface area contributed by atoms with Gasteiger partial charge in [-0.3, -0.25) is 9.69 Å². The van der Waals surface area contributed by atoms with Gasteiger partial charge in [-0.15, -0.1) is 0 Å². The van der Waals surface area contributed by atoms with Gasteiger partial charge in [-0.2, -0.15) is 10.2 Å². The Morgan fingerprint density at radius 2 is 1.91 bits per heavy atom. The van der Waals surface area contributed by atoms with Crippen molar-refractivity contribution in [3.63, 3.8) is 0 Å². The summed E-state index contributed by atoms with van der Waals surface area (Å²) in [6, 6.07) is 12.6. The van der Waals surface area contributed by atoms with E-state index in [0.717, 1.165) is 50.0 Å². The van der Waals surface area contributed by atoms with E-state index in [1.165, 1.54) is 25.4 Å². The van der Waals surface area contributed by atoms with Crippen LogP contribution in [-0.4, -0.2) is 120 Å². The number of hydrogen-bond acceptors (Lipinski definition) is 12. The van der Waals surface area contributed by atoms with Gasteiger partial charge < -0.3 is 34.4 Å². The summed E-state index contributed by atoms with van der Waals surface area (Å²) in [5.41, 5.74) is 2.00. The summed E-state index contributed by atoms with van der Waals surface area (Å²) >= 11 is 0. The molecule has 47 heavy (non-hydrogen) atoms. The van der Waals surface area contributed by atoms with E-state index in [0.29, 0.717) is 34.8 Å². The normalized spacial score (nSPS) is 20.6. The predicted octanol–water partition coefficient (Wildman–Crippen LogP) is 2.68. The average Bonchev–Trinajstić information content (AvgIpc) is 3.05. The first-order chi connectivity index (χ1) is 22.6. The number of rotatable bonds is 9. The second-order valence-electron chi connectivity index (χ2n) is 11.8. The number of aliphatic hydroxyl groups is 1. The molecular formula is C32H36F2N8O5. The molecule has 2 atom stereocenters. The maximum absolute atomic E-state index is 14.9. The molecule has 3 fully saturated rings. The molecule has 15 heteroatoms. The van der Waals surface area contributed by atoms with Crippen molar-refractivity contribution in [2.75, 3.05) is 69.8 Å². The van der Waals surface area contributed by atoms with Gasteiger partial charge in [-0.25, -0.2) is 18.7 Å². The smallest absolute Gasteiger partial charge is 0.301 e. The number of nitriles is 1. The number of piperazine rings is 1. The summed E-state index contributed by atoms with van der Waals surface area (Å²) in [4.78, 5) is 30.9. The number of carbonyl (C=O) groups excluding carboxylic acids is 1. The van der Waals surface area contributed by atoms with Gasteiger partial charge in [0.25, 0.3) is 5.91 Å². The number of alkyl halides is 2. The molecule has 0 spiro atoms. The molecule has 3 aromatic rings. The van der Waals surface area contributed by atoms with Crippen molar-refractivity contribution in [1.29, 1.82) is 5.26 Å². The highest BCUT2D eigenvalue weighted by atomic mass is 19.3. The maximum Gasteiger partial charge on any atom is 0.301 e. The topological polar surface area (TPSA) is 149 Å². The summed E-state index contributed by atoms with van der Waals surface area (Å²) in [7, 11) is 1.59. The van der Waals surface area contributed by atoms with Crippen molar-refractivity contribution in [2.45, 2.75) is 37.5 Å². The molecule has 0 bridgehead atoms. The second kappa shape index (κ2) is 13.6. The van der Waals surface area contributed by atoms with Gasteiger partial charge in [0.15, 0.2) is 6.10 Å². The Morgan fingerprint density at radius 1 is 1.13 bits per heavy atom. The van der Waals surface area contributed by atoms with Crippen molar-refractivity contribution in [1.82, 2.24) is 24.8 Å². The van der Waals surface area contributed by atoms with Gasteiger partial charge in [0.1, 0.15) is 41.6 Å². The first kappa shape index (κ1) is 32.3. The molecule has 0 saturated carbocycles. The molecule has 2 aromatic heterocycles. The first-order valence-electron chi connectivity index (χ1n) is 15.4. The van der Waals surface area contributed by atoms with Gasteiger partial charge in [-0.1, -0.05) is 0 Å². The first-order valence-corrected chi connectivity index (χ1v) is 15.4. The van der Waals surface area contributed by atoms with E-state index in [-0.39, 0.29) is 24.3 Å². The van der Waals surface area contributed by atoms with E-state index in [2.05, 4.69) is 30.1 Å². The Kier molecular flexibility index (Phi) is 9.35.